The van der Waals surface area contributed by atoms with Gasteiger partial charge >= 0.3 is 18.2 Å². The molecule has 0 unspecified atom stereocenters. The van der Waals surface area contributed by atoms with Crippen LogP contribution in [-0.4, -0.2) is 25.3 Å². The number of methoxy groups -OCH3 is 1. The summed E-state index contributed by atoms with van der Waals surface area (Å²) in [6, 6.07) is 8.35. The van der Waals surface area contributed by atoms with Crippen LogP contribution in [0.25, 0.3) is 0 Å². The van der Waals surface area contributed by atoms with Gasteiger partial charge in [0.2, 0.25) is 0 Å². The molecule has 0 amide bonds. The highest BCUT2D eigenvalue weighted by molar-refractivity contribution is 9.23. The monoisotopic (exact) mass is 252 g/mol. The molecule has 68 valence electrons. The first-order valence-corrected chi connectivity index (χ1v) is 9.45. The van der Waals surface area contributed by atoms with Gasteiger partial charge in [-0.1, -0.05) is 18.6 Å². The fourth-order valence-electron chi connectivity index (χ4n) is 1.22. The zero-order valence-electron chi connectivity index (χ0n) is 7.92. The Balaban J connectivity index is 2.40. The lowest BCUT2D eigenvalue weighted by Gasteiger charge is -2.02. The minimum atomic E-state index is 0.0737. The van der Waals surface area contributed by atoms with Crippen molar-refractivity contribution in [3.05, 3.63) is 29.8 Å². The molecule has 0 heterocycles. The van der Waals surface area contributed by atoms with E-state index in [1.165, 1.54) is 23.0 Å². The van der Waals surface area contributed by atoms with Gasteiger partial charge < -0.3 is 17.6 Å². The maximum atomic E-state index is 5.09. The standard InChI is InChI=1S/C10H13O.BrH.Mg/c1-3-4-9-5-7-10(11-2)8-6-9;;/h5-8H,1,3-4H2,2H3;1H;/q;;+1/p-1. The molecule has 0 spiro atoms. The van der Waals surface area contributed by atoms with Crippen LogP contribution in [-0.2, 0) is 6.42 Å². The van der Waals surface area contributed by atoms with Crippen LogP contribution >= 0.6 is 12.9 Å². The summed E-state index contributed by atoms with van der Waals surface area (Å²) >= 11 is 3.64. The second-order valence-electron chi connectivity index (χ2n) is 2.99. The zero-order chi connectivity index (χ0) is 9.52. The second kappa shape index (κ2) is 6.68. The Morgan fingerprint density at radius 2 is 2.00 bits per heavy atom. The predicted octanol–water partition coefficient (Wildman–Crippen LogP) is 3.06. The molecular weight excluding hydrogens is 240 g/mol. The highest BCUT2D eigenvalue weighted by atomic mass is 79.9. The van der Waals surface area contributed by atoms with E-state index in [0.29, 0.717) is 0 Å². The fraction of sp³-hybridized carbons (Fsp3) is 0.400. The van der Waals surface area contributed by atoms with Crippen molar-refractivity contribution in [2.24, 2.45) is 0 Å². The van der Waals surface area contributed by atoms with Crippen LogP contribution in [0.15, 0.2) is 24.3 Å². The van der Waals surface area contributed by atoms with E-state index in [1.54, 1.807) is 7.11 Å². The third-order valence-electron chi connectivity index (χ3n) is 2.01. The van der Waals surface area contributed by atoms with Crippen molar-refractivity contribution >= 4 is 31.1 Å². The lowest BCUT2D eigenvalue weighted by Crippen LogP contribution is -1.87. The maximum absolute atomic E-state index is 5.09. The normalized spacial score (nSPS) is 9.38. The van der Waals surface area contributed by atoms with Gasteiger partial charge in [0.15, 0.2) is 0 Å². The van der Waals surface area contributed by atoms with E-state index in [2.05, 4.69) is 25.0 Å². The second-order valence-corrected chi connectivity index (χ2v) is 6.46. The molecule has 3 heteroatoms. The van der Waals surface area contributed by atoms with E-state index in [4.69, 9.17) is 4.74 Å². The average Bonchev–Trinajstić information content (AvgIpc) is 2.19. The third-order valence-corrected chi connectivity index (χ3v) is 4.46. The molecule has 0 aliphatic rings. The summed E-state index contributed by atoms with van der Waals surface area (Å²) < 4.78 is 6.48. The van der Waals surface area contributed by atoms with Crippen molar-refractivity contribution in [1.82, 2.24) is 0 Å². The number of hydrogen-bond donors (Lipinski definition) is 0. The molecule has 0 aliphatic carbocycles. The number of rotatable bonds is 5. The molecule has 0 aromatic heterocycles. The van der Waals surface area contributed by atoms with Crippen molar-refractivity contribution in [2.45, 2.75) is 17.4 Å². The molecule has 0 saturated carbocycles. The van der Waals surface area contributed by atoms with E-state index in [1.807, 2.05) is 12.1 Å². The summed E-state index contributed by atoms with van der Waals surface area (Å²) in [5.41, 5.74) is 1.41. The minimum absolute atomic E-state index is 0.0737. The average molecular weight is 253 g/mol. The molecule has 0 fully saturated rings. The fourth-order valence-corrected chi connectivity index (χ4v) is 2.84. The number of hydrogen-bond acceptors (Lipinski definition) is 1. The minimum Gasteiger partial charge on any atom is -0.497 e. The molecule has 1 rings (SSSR count). The van der Waals surface area contributed by atoms with Gasteiger partial charge in [0.25, 0.3) is 0 Å². The first-order valence-electron chi connectivity index (χ1n) is 4.55. The summed E-state index contributed by atoms with van der Waals surface area (Å²) in [4.78, 5) is 0. The molecule has 1 nitrogen and oxygen atoms in total. The largest absolute Gasteiger partial charge is 0.497 e. The number of aryl methyl sites for hydroxylation is 1. The van der Waals surface area contributed by atoms with E-state index < -0.39 is 0 Å². The van der Waals surface area contributed by atoms with Crippen LogP contribution in [0.3, 0.4) is 0 Å². The van der Waals surface area contributed by atoms with Gasteiger partial charge in [-0.15, -0.1) is 4.55 Å². The first kappa shape index (κ1) is 11.3. The van der Waals surface area contributed by atoms with Gasteiger partial charge in [-0.25, -0.2) is 0 Å². The van der Waals surface area contributed by atoms with Crippen LogP contribution < -0.4 is 4.74 Å². The van der Waals surface area contributed by atoms with Crippen molar-refractivity contribution in [2.75, 3.05) is 7.11 Å². The topological polar surface area (TPSA) is 9.23 Å². The van der Waals surface area contributed by atoms with Crippen LogP contribution in [0, 0.1) is 0 Å². The van der Waals surface area contributed by atoms with Gasteiger partial charge in [-0.05, 0) is 24.1 Å². The SMILES string of the molecule is COc1ccc(CC[CH2][Mg][Br])cc1. The van der Waals surface area contributed by atoms with Gasteiger partial charge in [-0.2, -0.15) is 0 Å². The molecule has 0 N–H and O–H groups in total. The lowest BCUT2D eigenvalue weighted by molar-refractivity contribution is 0.414. The van der Waals surface area contributed by atoms with Crippen LogP contribution in [0.2, 0.25) is 4.55 Å². The summed E-state index contributed by atoms with van der Waals surface area (Å²) in [5.74, 6) is 0.943. The Bertz CT molecular complexity index is 235. The zero-order valence-corrected chi connectivity index (χ0v) is 10.9. The van der Waals surface area contributed by atoms with Crippen LogP contribution in [0.1, 0.15) is 12.0 Å². The Morgan fingerprint density at radius 3 is 2.54 bits per heavy atom. The highest BCUT2D eigenvalue weighted by Crippen LogP contribution is 2.13. The Kier molecular flexibility index (Phi) is 5.83. The van der Waals surface area contributed by atoms with Gasteiger partial charge in [0, 0.05) is 0 Å². The molecule has 0 atom stereocenters. The first-order chi connectivity index (χ1) is 6.36. The number of ether oxygens (including phenoxy) is 1. The van der Waals surface area contributed by atoms with Crippen molar-refractivity contribution in [3.63, 3.8) is 0 Å². The van der Waals surface area contributed by atoms with E-state index in [0.717, 1.165) is 5.75 Å². The van der Waals surface area contributed by atoms with Crippen molar-refractivity contribution in [3.8, 4) is 5.75 Å². The van der Waals surface area contributed by atoms with E-state index in [9.17, 15) is 0 Å². The van der Waals surface area contributed by atoms with Gasteiger partial charge in [-0.3, -0.25) is 0 Å². The predicted molar refractivity (Wildman–Crippen MR) is 60.8 cm³/mol. The highest BCUT2D eigenvalue weighted by Gasteiger charge is 1.95. The van der Waals surface area contributed by atoms with E-state index in [-0.39, 0.29) is 18.2 Å². The van der Waals surface area contributed by atoms with Gasteiger partial charge in [0.1, 0.15) is 5.75 Å². The molecular formula is C10H13BrMgO. The Hall–Kier alpha value is 0.266. The summed E-state index contributed by atoms with van der Waals surface area (Å²) in [7, 11) is 1.70. The quantitative estimate of drug-likeness (QED) is 0.579. The number of halogens is 1. The summed E-state index contributed by atoms with van der Waals surface area (Å²) in [6.07, 6.45) is 2.51. The third kappa shape index (κ3) is 4.34. The van der Waals surface area contributed by atoms with Crippen molar-refractivity contribution < 1.29 is 4.74 Å². The van der Waals surface area contributed by atoms with Crippen LogP contribution in [0.4, 0.5) is 0 Å². The Labute approximate surface area is 95.5 Å². The molecule has 0 bridgehead atoms. The number of benzene rings is 1. The lowest BCUT2D eigenvalue weighted by atomic mass is 10.1. The van der Waals surface area contributed by atoms with Gasteiger partial charge in [0.05, 0.1) is 7.11 Å². The molecule has 1 aromatic carbocycles. The van der Waals surface area contributed by atoms with Crippen molar-refractivity contribution in [1.29, 1.82) is 0 Å². The molecule has 1 aromatic rings. The summed E-state index contributed by atoms with van der Waals surface area (Å²) in [5, 5.41) is 0. The van der Waals surface area contributed by atoms with Crippen LogP contribution in [0.5, 0.6) is 5.75 Å². The summed E-state index contributed by atoms with van der Waals surface area (Å²) in [6.45, 7) is 0. The van der Waals surface area contributed by atoms with E-state index >= 15 is 0 Å². The Morgan fingerprint density at radius 1 is 1.31 bits per heavy atom. The molecule has 0 aliphatic heterocycles. The molecule has 0 radical (unpaired) electrons. The molecule has 13 heavy (non-hydrogen) atoms. The molecule has 0 saturated heterocycles. The maximum Gasteiger partial charge on any atom is 0.468 e. The smallest absolute Gasteiger partial charge is 0.468 e.